The Morgan fingerprint density at radius 2 is 1.45 bits per heavy atom. The van der Waals surface area contributed by atoms with Crippen LogP contribution in [0.3, 0.4) is 0 Å². The summed E-state index contributed by atoms with van der Waals surface area (Å²) in [6.45, 7) is 4.98. The molecular formula is C22H26N4O3. The van der Waals surface area contributed by atoms with Crippen LogP contribution in [-0.4, -0.2) is 50.5 Å². The Morgan fingerprint density at radius 3 is 2.14 bits per heavy atom. The second-order valence-corrected chi connectivity index (χ2v) is 7.63. The van der Waals surface area contributed by atoms with Gasteiger partial charge in [0.05, 0.1) is 4.92 Å². The summed E-state index contributed by atoms with van der Waals surface area (Å²) in [5.74, 6) is 0. The van der Waals surface area contributed by atoms with Gasteiger partial charge in [-0.3, -0.25) is 14.9 Å². The average molecular weight is 394 g/mol. The Morgan fingerprint density at radius 1 is 0.793 bits per heavy atom. The summed E-state index contributed by atoms with van der Waals surface area (Å²) in [6, 6.07) is 13.2. The Bertz CT molecular complexity index is 887. The number of anilines is 3. The van der Waals surface area contributed by atoms with Gasteiger partial charge in [-0.05, 0) is 43.5 Å². The summed E-state index contributed by atoms with van der Waals surface area (Å²) in [7, 11) is 0. The van der Waals surface area contributed by atoms with E-state index in [1.54, 1.807) is 6.07 Å². The fraction of sp³-hybridized carbons (Fsp3) is 0.409. The van der Waals surface area contributed by atoms with E-state index in [1.807, 2.05) is 36.4 Å². The lowest BCUT2D eigenvalue weighted by Gasteiger charge is -2.38. The molecule has 0 atom stereocenters. The van der Waals surface area contributed by atoms with Crippen molar-refractivity contribution in [3.63, 3.8) is 0 Å². The highest BCUT2D eigenvalue weighted by Gasteiger charge is 2.25. The van der Waals surface area contributed by atoms with E-state index in [0.717, 1.165) is 75.5 Å². The average Bonchev–Trinajstić information content (AvgIpc) is 2.79. The van der Waals surface area contributed by atoms with Crippen LogP contribution in [0.5, 0.6) is 0 Å². The first kappa shape index (κ1) is 19.2. The Kier molecular flexibility index (Phi) is 5.64. The number of carbonyl (C=O) groups excluding carboxylic acids is 1. The van der Waals surface area contributed by atoms with Crippen molar-refractivity contribution < 1.29 is 9.72 Å². The third-order valence-electron chi connectivity index (χ3n) is 5.90. The van der Waals surface area contributed by atoms with Crippen LogP contribution in [0.2, 0.25) is 0 Å². The first-order chi connectivity index (χ1) is 14.2. The number of nitro benzene ring substituents is 1. The number of nitro groups is 1. The van der Waals surface area contributed by atoms with E-state index in [0.29, 0.717) is 5.56 Å². The van der Waals surface area contributed by atoms with Crippen LogP contribution >= 0.6 is 0 Å². The topological polar surface area (TPSA) is 69.9 Å². The molecule has 0 aromatic heterocycles. The number of aldehydes is 1. The summed E-state index contributed by atoms with van der Waals surface area (Å²) in [4.78, 5) is 29.3. The molecule has 0 N–H and O–H groups in total. The number of piperazine rings is 1. The van der Waals surface area contributed by atoms with Gasteiger partial charge < -0.3 is 14.7 Å². The zero-order chi connectivity index (χ0) is 20.2. The molecule has 2 aliphatic rings. The van der Waals surface area contributed by atoms with Gasteiger partial charge in [-0.1, -0.05) is 12.1 Å². The smallest absolute Gasteiger partial charge is 0.292 e. The minimum Gasteiger partial charge on any atom is -0.368 e. The van der Waals surface area contributed by atoms with Crippen LogP contribution in [0.15, 0.2) is 42.5 Å². The molecule has 7 heteroatoms. The molecule has 2 heterocycles. The summed E-state index contributed by atoms with van der Waals surface area (Å²) < 4.78 is 0. The summed E-state index contributed by atoms with van der Waals surface area (Å²) >= 11 is 0. The maximum atomic E-state index is 11.5. The number of hydrogen-bond acceptors (Lipinski definition) is 6. The predicted molar refractivity (Wildman–Crippen MR) is 115 cm³/mol. The maximum absolute atomic E-state index is 11.5. The van der Waals surface area contributed by atoms with E-state index in [1.165, 1.54) is 6.42 Å². The van der Waals surface area contributed by atoms with E-state index >= 15 is 0 Å². The molecule has 4 rings (SSSR count). The number of piperidine rings is 1. The zero-order valence-corrected chi connectivity index (χ0v) is 16.5. The Balaban J connectivity index is 1.52. The number of rotatable bonds is 5. The number of nitrogens with zero attached hydrogens (tertiary/aromatic N) is 4. The van der Waals surface area contributed by atoms with Crippen LogP contribution in [0.4, 0.5) is 22.7 Å². The van der Waals surface area contributed by atoms with Crippen LogP contribution in [0.1, 0.15) is 29.6 Å². The molecule has 2 aromatic carbocycles. The Hall–Kier alpha value is -3.09. The Labute approximate surface area is 170 Å². The van der Waals surface area contributed by atoms with Gasteiger partial charge in [-0.15, -0.1) is 0 Å². The first-order valence-corrected chi connectivity index (χ1v) is 10.2. The van der Waals surface area contributed by atoms with Crippen molar-refractivity contribution in [2.45, 2.75) is 19.3 Å². The van der Waals surface area contributed by atoms with Gasteiger partial charge in [0.25, 0.3) is 5.69 Å². The fourth-order valence-electron chi connectivity index (χ4n) is 4.33. The molecule has 29 heavy (non-hydrogen) atoms. The van der Waals surface area contributed by atoms with Crippen molar-refractivity contribution in [2.75, 3.05) is 54.0 Å². The van der Waals surface area contributed by atoms with Crippen LogP contribution in [0, 0.1) is 10.1 Å². The van der Waals surface area contributed by atoms with E-state index in [2.05, 4.69) is 14.7 Å². The molecule has 0 radical (unpaired) electrons. The molecule has 0 saturated carbocycles. The van der Waals surface area contributed by atoms with Crippen LogP contribution in [-0.2, 0) is 0 Å². The maximum Gasteiger partial charge on any atom is 0.292 e. The second-order valence-electron chi connectivity index (χ2n) is 7.63. The molecule has 2 saturated heterocycles. The SMILES string of the molecule is O=Cc1ccccc1N1CCN(c2ccc([N+](=O)[O-])c(N3CCCCC3)c2)CC1. The van der Waals surface area contributed by atoms with Crippen molar-refractivity contribution in [2.24, 2.45) is 0 Å². The standard InChI is InChI=1S/C22H26N4O3/c27-17-18-6-2-3-7-20(18)25-14-12-23(13-15-25)19-8-9-21(26(28)29)22(16-19)24-10-4-1-5-11-24/h2-3,6-9,16-17H,1,4-5,10-15H2. The molecule has 2 aromatic rings. The van der Waals surface area contributed by atoms with Gasteiger partial charge >= 0.3 is 0 Å². The van der Waals surface area contributed by atoms with Gasteiger partial charge in [0.2, 0.25) is 0 Å². The molecule has 152 valence electrons. The highest BCUT2D eigenvalue weighted by atomic mass is 16.6. The summed E-state index contributed by atoms with van der Waals surface area (Å²) in [5.41, 5.74) is 3.64. The number of para-hydroxylation sites is 1. The number of carbonyl (C=O) groups is 1. The summed E-state index contributed by atoms with van der Waals surface area (Å²) in [6.07, 6.45) is 4.25. The van der Waals surface area contributed by atoms with E-state index in [9.17, 15) is 14.9 Å². The number of hydrogen-bond donors (Lipinski definition) is 0. The second kappa shape index (κ2) is 8.51. The van der Waals surface area contributed by atoms with Crippen molar-refractivity contribution in [1.82, 2.24) is 0 Å². The lowest BCUT2D eigenvalue weighted by molar-refractivity contribution is -0.384. The van der Waals surface area contributed by atoms with Gasteiger partial charge in [0.1, 0.15) is 5.69 Å². The third kappa shape index (κ3) is 4.04. The summed E-state index contributed by atoms with van der Waals surface area (Å²) in [5, 5.41) is 11.5. The molecule has 0 bridgehead atoms. The minimum atomic E-state index is -0.276. The minimum absolute atomic E-state index is 0.189. The predicted octanol–water partition coefficient (Wildman–Crippen LogP) is 3.72. The molecule has 0 aliphatic carbocycles. The van der Waals surface area contributed by atoms with Gasteiger partial charge in [-0.25, -0.2) is 0 Å². The number of benzene rings is 2. The molecule has 7 nitrogen and oxygen atoms in total. The molecular weight excluding hydrogens is 368 g/mol. The molecule has 0 unspecified atom stereocenters. The van der Waals surface area contributed by atoms with Gasteiger partial charge in [0, 0.05) is 62.3 Å². The molecule has 0 spiro atoms. The largest absolute Gasteiger partial charge is 0.368 e. The first-order valence-electron chi connectivity index (χ1n) is 10.2. The quantitative estimate of drug-likeness (QED) is 0.437. The van der Waals surface area contributed by atoms with E-state index in [4.69, 9.17) is 0 Å². The van der Waals surface area contributed by atoms with Crippen molar-refractivity contribution in [3.05, 3.63) is 58.1 Å². The van der Waals surface area contributed by atoms with Crippen molar-refractivity contribution >= 4 is 29.0 Å². The van der Waals surface area contributed by atoms with Crippen LogP contribution in [0.25, 0.3) is 0 Å². The molecule has 2 fully saturated rings. The normalized spacial score (nSPS) is 17.3. The van der Waals surface area contributed by atoms with Gasteiger partial charge in [0.15, 0.2) is 6.29 Å². The highest BCUT2D eigenvalue weighted by Crippen LogP contribution is 2.35. The molecule has 0 amide bonds. The lowest BCUT2D eigenvalue weighted by Crippen LogP contribution is -2.46. The van der Waals surface area contributed by atoms with E-state index in [-0.39, 0.29) is 10.6 Å². The fourth-order valence-corrected chi connectivity index (χ4v) is 4.33. The monoisotopic (exact) mass is 394 g/mol. The lowest BCUT2D eigenvalue weighted by atomic mass is 10.1. The zero-order valence-electron chi connectivity index (χ0n) is 16.5. The third-order valence-corrected chi connectivity index (χ3v) is 5.90. The highest BCUT2D eigenvalue weighted by molar-refractivity contribution is 5.84. The molecule has 2 aliphatic heterocycles. The van der Waals surface area contributed by atoms with Crippen molar-refractivity contribution in [3.8, 4) is 0 Å². The van der Waals surface area contributed by atoms with E-state index < -0.39 is 0 Å². The van der Waals surface area contributed by atoms with Crippen LogP contribution < -0.4 is 14.7 Å². The van der Waals surface area contributed by atoms with Gasteiger partial charge in [-0.2, -0.15) is 0 Å². The van der Waals surface area contributed by atoms with Crippen molar-refractivity contribution in [1.29, 1.82) is 0 Å².